The van der Waals surface area contributed by atoms with Crippen molar-refractivity contribution in [3.8, 4) is 0 Å². The highest BCUT2D eigenvalue weighted by molar-refractivity contribution is 5.81. The first-order valence-corrected chi connectivity index (χ1v) is 4.16. The highest BCUT2D eigenvalue weighted by Crippen LogP contribution is 2.00. The number of nitrogens with two attached hydrogens (primary N) is 1. The molecule has 0 heterocycles. The fourth-order valence-corrected chi connectivity index (χ4v) is 1.10. The second-order valence-electron chi connectivity index (χ2n) is 2.50. The first kappa shape index (κ1) is 11.1. The van der Waals surface area contributed by atoms with E-state index in [2.05, 4.69) is 0 Å². The molecule has 0 unspecified atom stereocenters. The largest absolute Gasteiger partial charge is 0.332 e. The second-order valence-corrected chi connectivity index (χ2v) is 2.50. The van der Waals surface area contributed by atoms with Crippen LogP contribution in [0.4, 0.5) is 0 Å². The SMILES string of the molecule is CC[C@@H](C=O)N(CC)C(=O)CN. The van der Waals surface area contributed by atoms with Crippen molar-refractivity contribution in [3.63, 3.8) is 0 Å². The third-order valence-electron chi connectivity index (χ3n) is 1.81. The van der Waals surface area contributed by atoms with Crippen molar-refractivity contribution in [1.29, 1.82) is 0 Å². The maximum Gasteiger partial charge on any atom is 0.236 e. The van der Waals surface area contributed by atoms with E-state index in [1.54, 1.807) is 0 Å². The highest BCUT2D eigenvalue weighted by Gasteiger charge is 2.18. The van der Waals surface area contributed by atoms with Crippen LogP contribution in [0.5, 0.6) is 0 Å². The molecular weight excluding hydrogens is 156 g/mol. The molecule has 0 bridgehead atoms. The summed E-state index contributed by atoms with van der Waals surface area (Å²) in [4.78, 5) is 23.2. The van der Waals surface area contributed by atoms with E-state index in [1.807, 2.05) is 13.8 Å². The van der Waals surface area contributed by atoms with Crippen molar-refractivity contribution < 1.29 is 9.59 Å². The molecule has 0 fully saturated rings. The van der Waals surface area contributed by atoms with Crippen molar-refractivity contribution >= 4 is 12.2 Å². The zero-order chi connectivity index (χ0) is 9.56. The first-order valence-electron chi connectivity index (χ1n) is 4.16. The van der Waals surface area contributed by atoms with E-state index in [9.17, 15) is 9.59 Å². The van der Waals surface area contributed by atoms with Gasteiger partial charge in [-0.3, -0.25) is 4.79 Å². The summed E-state index contributed by atoms with van der Waals surface area (Å²) in [6.07, 6.45) is 1.43. The predicted molar refractivity (Wildman–Crippen MR) is 46.6 cm³/mol. The number of nitrogens with zero attached hydrogens (tertiary/aromatic N) is 1. The number of carbonyl (C=O) groups is 2. The Bertz CT molecular complexity index is 159. The van der Waals surface area contributed by atoms with Crippen molar-refractivity contribution in [2.45, 2.75) is 26.3 Å². The predicted octanol–water partition coefficient (Wildman–Crippen LogP) is -0.229. The molecule has 0 aromatic carbocycles. The van der Waals surface area contributed by atoms with Gasteiger partial charge in [0.15, 0.2) is 0 Å². The van der Waals surface area contributed by atoms with Crippen molar-refractivity contribution in [2.24, 2.45) is 5.73 Å². The van der Waals surface area contributed by atoms with E-state index in [-0.39, 0.29) is 18.5 Å². The highest BCUT2D eigenvalue weighted by atomic mass is 16.2. The van der Waals surface area contributed by atoms with Crippen LogP contribution in [0, 0.1) is 0 Å². The van der Waals surface area contributed by atoms with Gasteiger partial charge < -0.3 is 15.4 Å². The number of likely N-dealkylation sites (N-methyl/N-ethyl adjacent to an activating group) is 1. The molecule has 4 nitrogen and oxygen atoms in total. The van der Waals surface area contributed by atoms with Crippen LogP contribution in [0.1, 0.15) is 20.3 Å². The van der Waals surface area contributed by atoms with E-state index >= 15 is 0 Å². The van der Waals surface area contributed by atoms with Crippen LogP contribution in [0.2, 0.25) is 0 Å². The molecule has 0 saturated heterocycles. The molecule has 0 aliphatic rings. The second kappa shape index (κ2) is 5.71. The molecule has 2 N–H and O–H groups in total. The summed E-state index contributed by atoms with van der Waals surface area (Å²) >= 11 is 0. The molecular formula is C8H16N2O2. The molecule has 12 heavy (non-hydrogen) atoms. The summed E-state index contributed by atoms with van der Waals surface area (Å²) in [5.41, 5.74) is 5.19. The normalized spacial score (nSPS) is 12.2. The van der Waals surface area contributed by atoms with Crippen molar-refractivity contribution in [1.82, 2.24) is 4.90 Å². The van der Waals surface area contributed by atoms with Gasteiger partial charge in [-0.2, -0.15) is 0 Å². The maximum absolute atomic E-state index is 11.1. The first-order chi connectivity index (χ1) is 5.71. The zero-order valence-corrected chi connectivity index (χ0v) is 7.62. The van der Waals surface area contributed by atoms with Gasteiger partial charge in [-0.05, 0) is 13.3 Å². The fraction of sp³-hybridized carbons (Fsp3) is 0.750. The molecule has 0 aromatic heterocycles. The summed E-state index contributed by atoms with van der Waals surface area (Å²) in [7, 11) is 0. The van der Waals surface area contributed by atoms with Crippen LogP contribution in [0.15, 0.2) is 0 Å². The Hall–Kier alpha value is -0.900. The Morgan fingerprint density at radius 1 is 1.58 bits per heavy atom. The van der Waals surface area contributed by atoms with Gasteiger partial charge in [-0.15, -0.1) is 0 Å². The van der Waals surface area contributed by atoms with E-state index in [1.165, 1.54) is 4.90 Å². The van der Waals surface area contributed by atoms with Crippen LogP contribution in [-0.2, 0) is 9.59 Å². The Morgan fingerprint density at radius 3 is 2.42 bits per heavy atom. The summed E-state index contributed by atoms with van der Waals surface area (Å²) < 4.78 is 0. The van der Waals surface area contributed by atoms with Gasteiger partial charge in [-0.25, -0.2) is 0 Å². The average molecular weight is 172 g/mol. The molecule has 0 rings (SSSR count). The van der Waals surface area contributed by atoms with Crippen LogP contribution in [-0.4, -0.2) is 36.2 Å². The molecule has 0 aliphatic carbocycles. The van der Waals surface area contributed by atoms with Gasteiger partial charge in [0.1, 0.15) is 6.29 Å². The number of aldehydes is 1. The molecule has 70 valence electrons. The average Bonchev–Trinajstić information content (AvgIpc) is 2.12. The maximum atomic E-state index is 11.1. The number of rotatable bonds is 5. The fourth-order valence-electron chi connectivity index (χ4n) is 1.10. The summed E-state index contributed by atoms with van der Waals surface area (Å²) in [6, 6.07) is -0.314. The van der Waals surface area contributed by atoms with E-state index < -0.39 is 0 Å². The van der Waals surface area contributed by atoms with Crippen LogP contribution in [0.25, 0.3) is 0 Å². The quantitative estimate of drug-likeness (QED) is 0.583. The molecule has 0 radical (unpaired) electrons. The van der Waals surface area contributed by atoms with E-state index in [0.717, 1.165) is 6.29 Å². The zero-order valence-electron chi connectivity index (χ0n) is 7.62. The van der Waals surface area contributed by atoms with Crippen LogP contribution in [0.3, 0.4) is 0 Å². The van der Waals surface area contributed by atoms with Gasteiger partial charge in [0.25, 0.3) is 0 Å². The number of hydrogen-bond acceptors (Lipinski definition) is 3. The lowest BCUT2D eigenvalue weighted by Crippen LogP contribution is -2.43. The monoisotopic (exact) mass is 172 g/mol. The summed E-state index contributed by atoms with van der Waals surface area (Å²) in [5, 5.41) is 0. The minimum Gasteiger partial charge on any atom is -0.332 e. The number of amides is 1. The van der Waals surface area contributed by atoms with Crippen molar-refractivity contribution in [2.75, 3.05) is 13.1 Å². The Kier molecular flexibility index (Phi) is 5.28. The topological polar surface area (TPSA) is 63.4 Å². The lowest BCUT2D eigenvalue weighted by Gasteiger charge is -2.25. The minimum atomic E-state index is -0.314. The minimum absolute atomic E-state index is 0.0296. The van der Waals surface area contributed by atoms with Gasteiger partial charge in [0.05, 0.1) is 12.6 Å². The van der Waals surface area contributed by atoms with Gasteiger partial charge in [-0.1, -0.05) is 6.92 Å². The third kappa shape index (κ3) is 2.62. The van der Waals surface area contributed by atoms with E-state index in [0.29, 0.717) is 13.0 Å². The van der Waals surface area contributed by atoms with E-state index in [4.69, 9.17) is 5.73 Å². The lowest BCUT2D eigenvalue weighted by atomic mass is 10.2. The lowest BCUT2D eigenvalue weighted by molar-refractivity contribution is -0.134. The van der Waals surface area contributed by atoms with Gasteiger partial charge in [0, 0.05) is 6.54 Å². The van der Waals surface area contributed by atoms with Gasteiger partial charge in [0.2, 0.25) is 5.91 Å². The molecule has 1 amide bonds. The molecule has 4 heteroatoms. The van der Waals surface area contributed by atoms with Crippen molar-refractivity contribution in [3.05, 3.63) is 0 Å². The smallest absolute Gasteiger partial charge is 0.236 e. The van der Waals surface area contributed by atoms with Gasteiger partial charge >= 0.3 is 0 Å². The summed E-state index contributed by atoms with van der Waals surface area (Å²) in [5.74, 6) is -0.170. The molecule has 0 spiro atoms. The number of hydrogen-bond donors (Lipinski definition) is 1. The Labute approximate surface area is 72.7 Å². The molecule has 0 aliphatic heterocycles. The Morgan fingerprint density at radius 2 is 2.17 bits per heavy atom. The molecule has 0 saturated carbocycles. The molecule has 1 atom stereocenters. The van der Waals surface area contributed by atoms with Crippen LogP contribution >= 0.6 is 0 Å². The van der Waals surface area contributed by atoms with Crippen LogP contribution < -0.4 is 5.73 Å². The standard InChI is InChI=1S/C8H16N2O2/c1-3-7(6-11)10(4-2)8(12)5-9/h6-7H,3-5,9H2,1-2H3/t7-/m0/s1. The Balaban J connectivity index is 4.29. The molecule has 0 aromatic rings. The number of carbonyl (C=O) groups excluding carboxylic acids is 2. The third-order valence-corrected chi connectivity index (χ3v) is 1.81. The summed E-state index contributed by atoms with van der Waals surface area (Å²) in [6.45, 7) is 4.21.